The van der Waals surface area contributed by atoms with Crippen molar-refractivity contribution < 1.29 is 9.47 Å². The number of ether oxygens (including phenoxy) is 2. The first-order valence-corrected chi connectivity index (χ1v) is 9.22. The predicted molar refractivity (Wildman–Crippen MR) is 106 cm³/mol. The molecule has 1 fully saturated rings. The number of methoxy groups -OCH3 is 1. The highest BCUT2D eigenvalue weighted by molar-refractivity contribution is 7.10. The van der Waals surface area contributed by atoms with E-state index in [0.29, 0.717) is 0 Å². The number of hydrogen-bond donors (Lipinski definition) is 0. The highest BCUT2D eigenvalue weighted by Gasteiger charge is 2.39. The molecule has 0 radical (unpaired) electrons. The molecule has 0 N–H and O–H groups in total. The summed E-state index contributed by atoms with van der Waals surface area (Å²) < 4.78 is 11.1. The summed E-state index contributed by atoms with van der Waals surface area (Å²) in [6, 6.07) is 4.33. The van der Waals surface area contributed by atoms with Gasteiger partial charge in [-0.05, 0) is 64.0 Å². The molecule has 0 saturated carbocycles. The van der Waals surface area contributed by atoms with E-state index in [1.807, 2.05) is 0 Å². The quantitative estimate of drug-likeness (QED) is 0.783. The lowest BCUT2D eigenvalue weighted by atomic mass is 9.89. The zero-order valence-corrected chi connectivity index (χ0v) is 17.2. The van der Waals surface area contributed by atoms with Crippen molar-refractivity contribution in [1.82, 2.24) is 9.88 Å². The fraction of sp³-hybridized carbons (Fsp3) is 0.526. The zero-order chi connectivity index (χ0) is 17.3. The van der Waals surface area contributed by atoms with Gasteiger partial charge in [-0.1, -0.05) is 0 Å². The minimum absolute atomic E-state index is 0. The van der Waals surface area contributed by atoms with Crippen LogP contribution < -0.4 is 4.74 Å². The van der Waals surface area contributed by atoms with Crippen LogP contribution in [-0.4, -0.2) is 44.3 Å². The number of nitrogens with zero attached hydrogens (tertiary/aromatic N) is 2. The van der Waals surface area contributed by atoms with Crippen molar-refractivity contribution in [2.24, 2.45) is 0 Å². The number of benzene rings is 1. The molecule has 1 aromatic heterocycles. The standard InChI is InChI=1S/C19H26N2O2S.ClH/c1-13-10-15(11-14(2)17(13)22-5)16-12-24-18(20-16)19(21(3)4)6-8-23-9-7-19;/h10-12H,6-9H2,1-5H3;1H. The van der Waals surface area contributed by atoms with E-state index in [1.54, 1.807) is 18.4 Å². The fourth-order valence-electron chi connectivity index (χ4n) is 3.60. The molecule has 4 nitrogen and oxygen atoms in total. The Morgan fingerprint density at radius 2 is 1.76 bits per heavy atom. The van der Waals surface area contributed by atoms with E-state index in [1.165, 1.54) is 5.01 Å². The topological polar surface area (TPSA) is 34.6 Å². The van der Waals surface area contributed by atoms with Crippen molar-refractivity contribution >= 4 is 23.7 Å². The molecule has 0 aliphatic carbocycles. The molecule has 1 aromatic carbocycles. The Morgan fingerprint density at radius 3 is 2.28 bits per heavy atom. The van der Waals surface area contributed by atoms with Gasteiger partial charge >= 0.3 is 0 Å². The fourth-order valence-corrected chi connectivity index (χ4v) is 4.77. The summed E-state index contributed by atoms with van der Waals surface area (Å²) in [6.45, 7) is 5.77. The van der Waals surface area contributed by atoms with E-state index >= 15 is 0 Å². The van der Waals surface area contributed by atoms with Crippen LogP contribution in [0.3, 0.4) is 0 Å². The third kappa shape index (κ3) is 3.70. The summed E-state index contributed by atoms with van der Waals surface area (Å²) in [7, 11) is 6.02. The lowest BCUT2D eigenvalue weighted by Gasteiger charge is -2.41. The third-order valence-electron chi connectivity index (χ3n) is 5.04. The summed E-state index contributed by atoms with van der Waals surface area (Å²) >= 11 is 1.76. The van der Waals surface area contributed by atoms with Gasteiger partial charge in [0, 0.05) is 24.2 Å². The van der Waals surface area contributed by atoms with Crippen molar-refractivity contribution in [3.05, 3.63) is 33.6 Å². The van der Waals surface area contributed by atoms with Crippen molar-refractivity contribution in [2.75, 3.05) is 34.4 Å². The van der Waals surface area contributed by atoms with Gasteiger partial charge in [-0.25, -0.2) is 4.98 Å². The molecule has 6 heteroatoms. The Balaban J connectivity index is 0.00000225. The molecule has 1 aliphatic rings. The first-order chi connectivity index (χ1) is 11.5. The number of aromatic nitrogens is 1. The summed E-state index contributed by atoms with van der Waals surface area (Å²) in [5.41, 5.74) is 4.51. The van der Waals surface area contributed by atoms with Crippen LogP contribution in [0.1, 0.15) is 29.0 Å². The molecule has 0 bridgehead atoms. The Bertz CT molecular complexity index is 701. The van der Waals surface area contributed by atoms with Crippen molar-refractivity contribution in [2.45, 2.75) is 32.2 Å². The number of aryl methyl sites for hydroxylation is 2. The summed E-state index contributed by atoms with van der Waals surface area (Å²) in [6.07, 6.45) is 1.99. The van der Waals surface area contributed by atoms with Gasteiger partial charge in [0.15, 0.2) is 0 Å². The van der Waals surface area contributed by atoms with Gasteiger partial charge < -0.3 is 9.47 Å². The SMILES string of the molecule is COc1c(C)cc(-c2csc(C3(N(C)C)CCOCC3)n2)cc1C.Cl. The Kier molecular flexibility index (Phi) is 6.49. The van der Waals surface area contributed by atoms with Gasteiger partial charge in [-0.2, -0.15) is 0 Å². The lowest BCUT2D eigenvalue weighted by molar-refractivity contribution is -0.0106. The molecule has 2 aromatic rings. The largest absolute Gasteiger partial charge is 0.496 e. The smallest absolute Gasteiger partial charge is 0.124 e. The molecular weight excluding hydrogens is 356 g/mol. The van der Waals surface area contributed by atoms with Gasteiger partial charge in [-0.15, -0.1) is 23.7 Å². The first-order valence-electron chi connectivity index (χ1n) is 8.35. The van der Waals surface area contributed by atoms with E-state index in [-0.39, 0.29) is 17.9 Å². The van der Waals surface area contributed by atoms with Crippen LogP contribution in [0.15, 0.2) is 17.5 Å². The Hall–Kier alpha value is -1.14. The van der Waals surface area contributed by atoms with Gasteiger partial charge in [0.25, 0.3) is 0 Å². The second-order valence-corrected chi connectivity index (χ2v) is 7.58. The minimum Gasteiger partial charge on any atom is -0.496 e. The Labute approximate surface area is 160 Å². The van der Waals surface area contributed by atoms with Gasteiger partial charge in [-0.3, -0.25) is 4.90 Å². The lowest BCUT2D eigenvalue weighted by Crippen LogP contribution is -2.45. The molecule has 0 amide bonds. The highest BCUT2D eigenvalue weighted by Crippen LogP contribution is 2.40. The molecule has 2 heterocycles. The van der Waals surface area contributed by atoms with Crippen LogP contribution >= 0.6 is 23.7 Å². The number of rotatable bonds is 4. The van der Waals surface area contributed by atoms with Crippen LogP contribution in [0.2, 0.25) is 0 Å². The molecule has 0 unspecified atom stereocenters. The second-order valence-electron chi connectivity index (χ2n) is 6.72. The van der Waals surface area contributed by atoms with E-state index in [4.69, 9.17) is 14.5 Å². The first kappa shape index (κ1) is 20.2. The summed E-state index contributed by atoms with van der Waals surface area (Å²) in [5.74, 6) is 0.961. The van der Waals surface area contributed by atoms with Gasteiger partial charge in [0.1, 0.15) is 10.8 Å². The maximum Gasteiger partial charge on any atom is 0.124 e. The minimum atomic E-state index is -0.00226. The number of thiazole rings is 1. The average molecular weight is 383 g/mol. The van der Waals surface area contributed by atoms with Crippen LogP contribution in [-0.2, 0) is 10.3 Å². The Morgan fingerprint density at radius 1 is 1.16 bits per heavy atom. The maximum absolute atomic E-state index is 5.58. The van der Waals surface area contributed by atoms with E-state index in [2.05, 4.69) is 50.4 Å². The summed E-state index contributed by atoms with van der Waals surface area (Å²) in [5, 5.41) is 3.37. The molecule has 3 rings (SSSR count). The monoisotopic (exact) mass is 382 g/mol. The molecule has 0 atom stereocenters. The van der Waals surface area contributed by atoms with Crippen LogP contribution in [0, 0.1) is 13.8 Å². The number of halogens is 1. The zero-order valence-electron chi connectivity index (χ0n) is 15.6. The third-order valence-corrected chi connectivity index (χ3v) is 6.07. The second kappa shape index (κ2) is 8.04. The molecule has 25 heavy (non-hydrogen) atoms. The van der Waals surface area contributed by atoms with Crippen LogP contribution in [0.5, 0.6) is 5.75 Å². The number of hydrogen-bond acceptors (Lipinski definition) is 5. The van der Waals surface area contributed by atoms with Crippen LogP contribution in [0.4, 0.5) is 0 Å². The maximum atomic E-state index is 5.58. The van der Waals surface area contributed by atoms with Crippen molar-refractivity contribution in [1.29, 1.82) is 0 Å². The predicted octanol–water partition coefficient (Wildman–Crippen LogP) is 4.42. The molecular formula is C19H27ClN2O2S. The highest BCUT2D eigenvalue weighted by atomic mass is 35.5. The van der Waals surface area contributed by atoms with Crippen molar-refractivity contribution in [3.8, 4) is 17.0 Å². The normalized spacial score (nSPS) is 16.6. The summed E-state index contributed by atoms with van der Waals surface area (Å²) in [4.78, 5) is 7.32. The van der Waals surface area contributed by atoms with Gasteiger partial charge in [0.05, 0.1) is 18.3 Å². The molecule has 1 aliphatic heterocycles. The van der Waals surface area contributed by atoms with E-state index < -0.39 is 0 Å². The van der Waals surface area contributed by atoms with Crippen molar-refractivity contribution in [3.63, 3.8) is 0 Å². The molecule has 138 valence electrons. The molecule has 1 saturated heterocycles. The van der Waals surface area contributed by atoms with Gasteiger partial charge in [0.2, 0.25) is 0 Å². The van der Waals surface area contributed by atoms with E-state index in [0.717, 1.165) is 54.2 Å². The molecule has 0 spiro atoms. The van der Waals surface area contributed by atoms with E-state index in [9.17, 15) is 0 Å². The average Bonchev–Trinajstić information content (AvgIpc) is 3.05. The van der Waals surface area contributed by atoms with Crippen LogP contribution in [0.25, 0.3) is 11.3 Å².